The van der Waals surface area contributed by atoms with E-state index in [1.54, 1.807) is 0 Å². The number of thiocarbonyl (C=S) groups is 1. The lowest BCUT2D eigenvalue weighted by Gasteiger charge is -2.28. The second-order valence-corrected chi connectivity index (χ2v) is 4.14. The van der Waals surface area contributed by atoms with Crippen LogP contribution in [0.25, 0.3) is 0 Å². The van der Waals surface area contributed by atoms with Crippen molar-refractivity contribution in [3.05, 3.63) is 0 Å². The van der Waals surface area contributed by atoms with Gasteiger partial charge in [-0.1, -0.05) is 32.5 Å². The maximum Gasteiger partial charge on any atom is 0.220 e. The fourth-order valence-corrected chi connectivity index (χ4v) is 1.23. The average Bonchev–Trinajstić information content (AvgIpc) is 2.14. The van der Waals surface area contributed by atoms with Gasteiger partial charge in [0.1, 0.15) is 0 Å². The van der Waals surface area contributed by atoms with Crippen molar-refractivity contribution in [3.63, 3.8) is 0 Å². The van der Waals surface area contributed by atoms with E-state index in [1.807, 2.05) is 13.8 Å². The van der Waals surface area contributed by atoms with Crippen LogP contribution in [0.2, 0.25) is 0 Å². The number of carbonyl (C=O) groups is 1. The van der Waals surface area contributed by atoms with Gasteiger partial charge in [-0.15, -0.1) is 0 Å². The van der Waals surface area contributed by atoms with Crippen molar-refractivity contribution in [2.75, 3.05) is 0 Å². The average molecular weight is 216 g/mol. The SMILES string of the molecule is CCCCC(=O)NC(C)(CC)C(N)=S. The molecule has 0 aromatic heterocycles. The van der Waals surface area contributed by atoms with Crippen LogP contribution in [-0.4, -0.2) is 16.4 Å². The lowest BCUT2D eigenvalue weighted by Crippen LogP contribution is -2.54. The second-order valence-electron chi connectivity index (χ2n) is 3.70. The van der Waals surface area contributed by atoms with Gasteiger partial charge in [-0.25, -0.2) is 0 Å². The van der Waals surface area contributed by atoms with Gasteiger partial charge >= 0.3 is 0 Å². The lowest BCUT2D eigenvalue weighted by atomic mass is 9.98. The first-order valence-corrected chi connectivity index (χ1v) is 5.48. The highest BCUT2D eigenvalue weighted by Gasteiger charge is 2.26. The Kier molecular flexibility index (Phi) is 5.69. The van der Waals surface area contributed by atoms with Crippen LogP contribution in [0.1, 0.15) is 46.5 Å². The molecule has 3 N–H and O–H groups in total. The molecule has 0 saturated carbocycles. The van der Waals surface area contributed by atoms with Gasteiger partial charge in [-0.2, -0.15) is 0 Å². The number of hydrogen-bond acceptors (Lipinski definition) is 2. The van der Waals surface area contributed by atoms with E-state index in [1.165, 1.54) is 0 Å². The van der Waals surface area contributed by atoms with Crippen LogP contribution < -0.4 is 11.1 Å². The predicted octanol–water partition coefficient (Wildman–Crippen LogP) is 1.75. The fraction of sp³-hybridized carbons (Fsp3) is 0.800. The van der Waals surface area contributed by atoms with Crippen molar-refractivity contribution in [3.8, 4) is 0 Å². The Morgan fingerprint density at radius 2 is 2.07 bits per heavy atom. The van der Waals surface area contributed by atoms with Crippen molar-refractivity contribution in [2.24, 2.45) is 5.73 Å². The van der Waals surface area contributed by atoms with E-state index in [0.717, 1.165) is 19.3 Å². The lowest BCUT2D eigenvalue weighted by molar-refractivity contribution is -0.122. The molecule has 0 bridgehead atoms. The molecule has 0 aromatic carbocycles. The van der Waals surface area contributed by atoms with E-state index in [0.29, 0.717) is 11.4 Å². The molecule has 1 atom stereocenters. The molecule has 1 unspecified atom stereocenters. The zero-order chi connectivity index (χ0) is 11.2. The molecule has 0 heterocycles. The molecule has 0 rings (SSSR count). The molecule has 0 saturated heterocycles. The van der Waals surface area contributed by atoms with E-state index in [2.05, 4.69) is 12.2 Å². The quantitative estimate of drug-likeness (QED) is 0.665. The molecule has 0 aromatic rings. The molecule has 82 valence electrons. The summed E-state index contributed by atoms with van der Waals surface area (Å²) in [5.74, 6) is 0.0315. The van der Waals surface area contributed by atoms with E-state index in [-0.39, 0.29) is 5.91 Å². The summed E-state index contributed by atoms with van der Waals surface area (Å²) in [6, 6.07) is 0. The van der Waals surface area contributed by atoms with Gasteiger partial charge in [0.05, 0.1) is 10.5 Å². The van der Waals surface area contributed by atoms with Crippen molar-refractivity contribution in [1.82, 2.24) is 5.32 Å². The van der Waals surface area contributed by atoms with Crippen molar-refractivity contribution in [2.45, 2.75) is 52.0 Å². The molecular formula is C10H20N2OS. The zero-order valence-corrected chi connectivity index (χ0v) is 10.0. The minimum Gasteiger partial charge on any atom is -0.391 e. The highest BCUT2D eigenvalue weighted by Crippen LogP contribution is 2.10. The standard InChI is InChI=1S/C10H20N2OS/c1-4-6-7-8(13)12-10(3,5-2)9(11)14/h4-7H2,1-3H3,(H2,11,14)(H,12,13). The number of carbonyl (C=O) groups excluding carboxylic acids is 1. The van der Waals surface area contributed by atoms with E-state index >= 15 is 0 Å². The second kappa shape index (κ2) is 5.96. The third kappa shape index (κ3) is 4.05. The maximum atomic E-state index is 11.5. The van der Waals surface area contributed by atoms with Gasteiger partial charge in [0.2, 0.25) is 5.91 Å². The summed E-state index contributed by atoms with van der Waals surface area (Å²) in [4.78, 5) is 11.8. The monoisotopic (exact) mass is 216 g/mol. The summed E-state index contributed by atoms with van der Waals surface area (Å²) < 4.78 is 0. The molecule has 0 aliphatic carbocycles. The third-order valence-electron chi connectivity index (χ3n) is 2.42. The number of rotatable bonds is 6. The molecule has 0 radical (unpaired) electrons. The first-order chi connectivity index (χ1) is 6.46. The summed E-state index contributed by atoms with van der Waals surface area (Å²) in [5, 5.41) is 2.87. The summed E-state index contributed by atoms with van der Waals surface area (Å²) in [6.07, 6.45) is 3.20. The Balaban J connectivity index is 4.18. The van der Waals surface area contributed by atoms with Crippen molar-refractivity contribution < 1.29 is 4.79 Å². The minimum absolute atomic E-state index is 0.0315. The van der Waals surface area contributed by atoms with E-state index in [9.17, 15) is 4.79 Å². The molecule has 4 heteroatoms. The zero-order valence-electron chi connectivity index (χ0n) is 9.22. The first kappa shape index (κ1) is 13.4. The Morgan fingerprint density at radius 3 is 2.43 bits per heavy atom. The summed E-state index contributed by atoms with van der Waals surface area (Å²) >= 11 is 4.92. The molecule has 3 nitrogen and oxygen atoms in total. The van der Waals surface area contributed by atoms with Gasteiger partial charge < -0.3 is 11.1 Å². The van der Waals surface area contributed by atoms with Gasteiger partial charge in [0.25, 0.3) is 0 Å². The number of hydrogen-bond donors (Lipinski definition) is 2. The smallest absolute Gasteiger partial charge is 0.220 e. The predicted molar refractivity (Wildman–Crippen MR) is 63.1 cm³/mol. The number of nitrogens with one attached hydrogen (secondary N) is 1. The van der Waals surface area contributed by atoms with E-state index in [4.69, 9.17) is 18.0 Å². The number of unbranched alkanes of at least 4 members (excludes halogenated alkanes) is 1. The molecule has 1 amide bonds. The van der Waals surface area contributed by atoms with Crippen molar-refractivity contribution >= 4 is 23.1 Å². The first-order valence-electron chi connectivity index (χ1n) is 5.07. The highest BCUT2D eigenvalue weighted by molar-refractivity contribution is 7.80. The van der Waals surface area contributed by atoms with Crippen LogP contribution in [-0.2, 0) is 4.79 Å². The van der Waals surface area contributed by atoms with E-state index < -0.39 is 5.54 Å². The van der Waals surface area contributed by atoms with Gasteiger partial charge in [0, 0.05) is 6.42 Å². The van der Waals surface area contributed by atoms with Crippen LogP contribution in [0, 0.1) is 0 Å². The minimum atomic E-state index is -0.528. The Hall–Kier alpha value is -0.640. The molecule has 0 aliphatic heterocycles. The number of nitrogens with two attached hydrogens (primary N) is 1. The van der Waals surface area contributed by atoms with Gasteiger partial charge in [-0.3, -0.25) is 4.79 Å². The molecule has 0 fully saturated rings. The maximum absolute atomic E-state index is 11.5. The normalized spacial score (nSPS) is 14.5. The van der Waals surface area contributed by atoms with Crippen LogP contribution >= 0.6 is 12.2 Å². The Morgan fingerprint density at radius 1 is 1.50 bits per heavy atom. The molecule has 0 aliphatic rings. The Bertz CT molecular complexity index is 218. The summed E-state index contributed by atoms with van der Waals surface area (Å²) in [6.45, 7) is 5.87. The third-order valence-corrected chi connectivity index (χ3v) is 2.87. The largest absolute Gasteiger partial charge is 0.391 e. The fourth-order valence-electron chi connectivity index (χ4n) is 1.03. The van der Waals surface area contributed by atoms with Crippen LogP contribution in [0.5, 0.6) is 0 Å². The van der Waals surface area contributed by atoms with Crippen LogP contribution in [0.3, 0.4) is 0 Å². The van der Waals surface area contributed by atoms with Crippen LogP contribution in [0.4, 0.5) is 0 Å². The van der Waals surface area contributed by atoms with Gasteiger partial charge in [-0.05, 0) is 19.8 Å². The number of amides is 1. The highest BCUT2D eigenvalue weighted by atomic mass is 32.1. The topological polar surface area (TPSA) is 55.1 Å². The Labute approximate surface area is 91.4 Å². The van der Waals surface area contributed by atoms with Crippen molar-refractivity contribution in [1.29, 1.82) is 0 Å². The molecular weight excluding hydrogens is 196 g/mol. The van der Waals surface area contributed by atoms with Gasteiger partial charge in [0.15, 0.2) is 0 Å². The summed E-state index contributed by atoms with van der Waals surface area (Å²) in [5.41, 5.74) is 5.05. The van der Waals surface area contributed by atoms with Crippen LogP contribution in [0.15, 0.2) is 0 Å². The molecule has 14 heavy (non-hydrogen) atoms. The summed E-state index contributed by atoms with van der Waals surface area (Å²) in [7, 11) is 0. The molecule has 0 spiro atoms.